The Morgan fingerprint density at radius 3 is 2.30 bits per heavy atom. The molecule has 1 aromatic rings. The molecule has 1 aromatic carbocycles. The lowest BCUT2D eigenvalue weighted by atomic mass is 9.94. The number of para-hydroxylation sites is 1. The number of ketones is 3. The minimum atomic E-state index is -0.558. The maximum atomic E-state index is 12.3. The van der Waals surface area contributed by atoms with E-state index in [2.05, 4.69) is 0 Å². The fourth-order valence-corrected chi connectivity index (χ4v) is 1.86. The van der Waals surface area contributed by atoms with Gasteiger partial charge in [-0.1, -0.05) is 12.1 Å². The van der Waals surface area contributed by atoms with Gasteiger partial charge in [0.05, 0.1) is 25.4 Å². The van der Waals surface area contributed by atoms with Gasteiger partial charge in [0.2, 0.25) is 11.6 Å². The van der Waals surface area contributed by atoms with Gasteiger partial charge < -0.3 is 9.47 Å². The second-order valence-corrected chi connectivity index (χ2v) is 4.03. The fourth-order valence-electron chi connectivity index (χ4n) is 1.86. The number of rotatable bonds is 4. The van der Waals surface area contributed by atoms with Gasteiger partial charge in [0.25, 0.3) is 0 Å². The van der Waals surface area contributed by atoms with E-state index < -0.39 is 17.3 Å². The van der Waals surface area contributed by atoms with E-state index in [1.807, 2.05) is 0 Å². The lowest BCUT2D eigenvalue weighted by Crippen LogP contribution is -2.20. The average molecular weight is 272 g/mol. The highest BCUT2D eigenvalue weighted by molar-refractivity contribution is 6.35. The molecule has 1 aliphatic carbocycles. The number of Topliss-reactive ketones (excluding diaryl/α,β-unsaturated/α-hetero) is 1. The summed E-state index contributed by atoms with van der Waals surface area (Å²) in [7, 11) is 2.72. The van der Waals surface area contributed by atoms with E-state index in [-0.39, 0.29) is 16.9 Å². The molecule has 5 heteroatoms. The van der Waals surface area contributed by atoms with Crippen molar-refractivity contribution in [3.8, 4) is 5.75 Å². The molecule has 102 valence electrons. The zero-order valence-electron chi connectivity index (χ0n) is 11.0. The van der Waals surface area contributed by atoms with Crippen LogP contribution in [-0.2, 0) is 14.3 Å². The highest BCUT2D eigenvalue weighted by atomic mass is 16.5. The number of hydrogen-bond donors (Lipinski definition) is 0. The standard InChI is InChI=1S/C15H12O5/c1-19-13-6-4-3-5-9(13)15(18)10-7-12(17)14(20-2)8-11(10)16/h3-8H,1-2H3. The molecule has 2 rings (SSSR count). The fraction of sp³-hybridized carbons (Fsp3) is 0.133. The van der Waals surface area contributed by atoms with Crippen molar-refractivity contribution in [2.45, 2.75) is 0 Å². The van der Waals surface area contributed by atoms with Gasteiger partial charge in [0, 0.05) is 12.2 Å². The molecular formula is C15H12O5. The van der Waals surface area contributed by atoms with Crippen LogP contribution in [0.4, 0.5) is 0 Å². The van der Waals surface area contributed by atoms with E-state index in [4.69, 9.17) is 9.47 Å². The van der Waals surface area contributed by atoms with Crippen molar-refractivity contribution in [1.82, 2.24) is 0 Å². The third-order valence-corrected chi connectivity index (χ3v) is 2.86. The Morgan fingerprint density at radius 1 is 0.950 bits per heavy atom. The van der Waals surface area contributed by atoms with Gasteiger partial charge in [0.15, 0.2) is 11.5 Å². The lowest BCUT2D eigenvalue weighted by molar-refractivity contribution is -0.117. The van der Waals surface area contributed by atoms with Crippen molar-refractivity contribution in [3.05, 3.63) is 53.3 Å². The van der Waals surface area contributed by atoms with Crippen LogP contribution in [0.2, 0.25) is 0 Å². The van der Waals surface area contributed by atoms with Gasteiger partial charge in [-0.25, -0.2) is 0 Å². The second-order valence-electron chi connectivity index (χ2n) is 4.03. The van der Waals surface area contributed by atoms with Gasteiger partial charge in [-0.05, 0) is 12.1 Å². The van der Waals surface area contributed by atoms with E-state index in [1.54, 1.807) is 18.2 Å². The van der Waals surface area contributed by atoms with Gasteiger partial charge in [0.1, 0.15) is 5.75 Å². The second kappa shape index (κ2) is 5.52. The molecule has 0 fully saturated rings. The molecule has 0 saturated carbocycles. The van der Waals surface area contributed by atoms with E-state index in [1.165, 1.54) is 20.3 Å². The molecule has 20 heavy (non-hydrogen) atoms. The largest absolute Gasteiger partial charge is 0.496 e. The minimum Gasteiger partial charge on any atom is -0.496 e. The molecule has 0 aliphatic heterocycles. The summed E-state index contributed by atoms with van der Waals surface area (Å²) in [5, 5.41) is 0. The van der Waals surface area contributed by atoms with Crippen LogP contribution < -0.4 is 4.74 Å². The first-order chi connectivity index (χ1) is 9.58. The molecule has 0 unspecified atom stereocenters. The number of benzene rings is 1. The Balaban J connectivity index is 2.40. The molecule has 0 spiro atoms. The average Bonchev–Trinajstić information content (AvgIpc) is 2.48. The Bertz CT molecular complexity index is 652. The number of allylic oxidation sites excluding steroid dienone is 3. The van der Waals surface area contributed by atoms with Crippen molar-refractivity contribution < 1.29 is 23.9 Å². The Morgan fingerprint density at radius 2 is 1.65 bits per heavy atom. The first-order valence-electron chi connectivity index (χ1n) is 5.82. The SMILES string of the molecule is COC1=CC(=O)C(C(=O)c2ccccc2OC)=CC1=O. The van der Waals surface area contributed by atoms with Gasteiger partial charge in [-0.3, -0.25) is 14.4 Å². The number of ether oxygens (including phenoxy) is 2. The predicted molar refractivity (Wildman–Crippen MR) is 70.5 cm³/mol. The molecule has 0 atom stereocenters. The minimum absolute atomic E-state index is 0.0772. The summed E-state index contributed by atoms with van der Waals surface area (Å²) in [5.74, 6) is -1.35. The van der Waals surface area contributed by atoms with Gasteiger partial charge in [-0.2, -0.15) is 0 Å². The van der Waals surface area contributed by atoms with Gasteiger partial charge in [-0.15, -0.1) is 0 Å². The quantitative estimate of drug-likeness (QED) is 0.472. The van der Waals surface area contributed by atoms with Crippen LogP contribution in [-0.4, -0.2) is 31.6 Å². The topological polar surface area (TPSA) is 69.7 Å². The van der Waals surface area contributed by atoms with Crippen LogP contribution >= 0.6 is 0 Å². The summed E-state index contributed by atoms with van der Waals surface area (Å²) in [6.45, 7) is 0. The third kappa shape index (κ3) is 2.38. The van der Waals surface area contributed by atoms with Crippen molar-refractivity contribution in [2.75, 3.05) is 14.2 Å². The van der Waals surface area contributed by atoms with Crippen molar-refractivity contribution in [2.24, 2.45) is 0 Å². The smallest absolute Gasteiger partial charge is 0.221 e. The monoisotopic (exact) mass is 272 g/mol. The molecule has 0 bridgehead atoms. The predicted octanol–water partition coefficient (Wildman–Crippen LogP) is 1.49. The summed E-state index contributed by atoms with van der Waals surface area (Å²) in [6, 6.07) is 6.51. The Labute approximate surface area is 115 Å². The molecule has 1 aliphatic rings. The third-order valence-electron chi connectivity index (χ3n) is 2.86. The number of methoxy groups -OCH3 is 2. The van der Waals surface area contributed by atoms with Crippen LogP contribution in [0.25, 0.3) is 0 Å². The van der Waals surface area contributed by atoms with Crippen molar-refractivity contribution in [3.63, 3.8) is 0 Å². The highest BCUT2D eigenvalue weighted by Gasteiger charge is 2.27. The first-order valence-corrected chi connectivity index (χ1v) is 5.82. The van der Waals surface area contributed by atoms with Crippen LogP contribution in [0.5, 0.6) is 5.75 Å². The highest BCUT2D eigenvalue weighted by Crippen LogP contribution is 2.23. The maximum absolute atomic E-state index is 12.3. The summed E-state index contributed by atoms with van der Waals surface area (Å²) in [5.41, 5.74) is 0.0389. The zero-order chi connectivity index (χ0) is 14.7. The summed E-state index contributed by atoms with van der Waals surface area (Å²) >= 11 is 0. The first kappa shape index (κ1) is 13.7. The number of hydrogen-bond acceptors (Lipinski definition) is 5. The van der Waals surface area contributed by atoms with Crippen molar-refractivity contribution >= 4 is 17.3 Å². The lowest BCUT2D eigenvalue weighted by Gasteiger charge is -2.12. The molecule has 0 N–H and O–H groups in total. The molecule has 0 radical (unpaired) electrons. The van der Waals surface area contributed by atoms with E-state index in [0.717, 1.165) is 12.2 Å². The number of carbonyl (C=O) groups is 3. The molecule has 5 nitrogen and oxygen atoms in total. The Hall–Kier alpha value is -2.69. The van der Waals surface area contributed by atoms with Crippen LogP contribution in [0.15, 0.2) is 47.7 Å². The summed E-state index contributed by atoms with van der Waals surface area (Å²) in [4.78, 5) is 35.9. The van der Waals surface area contributed by atoms with Crippen LogP contribution in [0.1, 0.15) is 10.4 Å². The maximum Gasteiger partial charge on any atom is 0.221 e. The van der Waals surface area contributed by atoms with Crippen molar-refractivity contribution in [1.29, 1.82) is 0 Å². The summed E-state index contributed by atoms with van der Waals surface area (Å²) in [6.07, 6.45) is 2.01. The van der Waals surface area contributed by atoms with Crippen LogP contribution in [0.3, 0.4) is 0 Å². The van der Waals surface area contributed by atoms with Gasteiger partial charge >= 0.3 is 0 Å². The summed E-state index contributed by atoms with van der Waals surface area (Å²) < 4.78 is 9.84. The van der Waals surface area contributed by atoms with E-state index in [0.29, 0.717) is 5.75 Å². The molecular weight excluding hydrogens is 260 g/mol. The number of carbonyl (C=O) groups excluding carboxylic acids is 3. The molecule has 0 aromatic heterocycles. The molecule has 0 saturated heterocycles. The molecule has 0 amide bonds. The normalized spacial score (nSPS) is 14.5. The van der Waals surface area contributed by atoms with E-state index in [9.17, 15) is 14.4 Å². The Kier molecular flexibility index (Phi) is 3.79. The van der Waals surface area contributed by atoms with E-state index >= 15 is 0 Å². The molecule has 0 heterocycles. The zero-order valence-corrected chi connectivity index (χ0v) is 11.0. The van der Waals surface area contributed by atoms with Crippen LogP contribution in [0, 0.1) is 0 Å².